The number of fused-ring (bicyclic) bond motifs is 2. The molecule has 0 fully saturated rings. The molecule has 1 unspecified atom stereocenters. The number of carbonyl (C=O) groups is 1. The van der Waals surface area contributed by atoms with Crippen LogP contribution in [0.1, 0.15) is 73.1 Å². The summed E-state index contributed by atoms with van der Waals surface area (Å²) >= 11 is 0. The van der Waals surface area contributed by atoms with E-state index in [4.69, 9.17) is 0 Å². The minimum absolute atomic E-state index is 0. The largest absolute Gasteiger partial charge is 1.00 e. The molecule has 0 saturated carbocycles. The third-order valence-electron chi connectivity index (χ3n) is 5.01. The second-order valence-corrected chi connectivity index (χ2v) is 6.75. The molecule has 3 radical (unpaired) electrons. The molecule has 26 heavy (non-hydrogen) atoms. The molecule has 1 N–H and O–H groups in total. The van der Waals surface area contributed by atoms with Crippen LogP contribution < -0.4 is 29.6 Å². The van der Waals surface area contributed by atoms with E-state index in [0.29, 0.717) is 5.78 Å². The van der Waals surface area contributed by atoms with E-state index < -0.39 is 0 Å². The van der Waals surface area contributed by atoms with Crippen LogP contribution in [0.25, 0.3) is 0 Å². The topological polar surface area (TPSA) is 37.3 Å². The molecule has 4 rings (SSSR count). The Bertz CT molecular complexity index is 708. The summed E-state index contributed by atoms with van der Waals surface area (Å²) in [6.45, 7) is 0. The first-order chi connectivity index (χ1) is 11.8. The first-order valence-electron chi connectivity index (χ1n) is 9.12. The van der Waals surface area contributed by atoms with Gasteiger partial charge in [-0.2, -0.15) is 0 Å². The van der Waals surface area contributed by atoms with Crippen molar-refractivity contribution in [2.45, 2.75) is 57.5 Å². The average molecular weight is 357 g/mol. The number of Topliss-reactive ketones (excluding diaryl/α,β-unsaturated/α-hetero) is 1. The van der Waals surface area contributed by atoms with Crippen molar-refractivity contribution in [3.63, 3.8) is 0 Å². The van der Waals surface area contributed by atoms with Gasteiger partial charge in [-0.15, -0.1) is 0 Å². The first-order valence-corrected chi connectivity index (χ1v) is 9.12. The Morgan fingerprint density at radius 1 is 0.808 bits per heavy atom. The predicted octanol–water partition coefficient (Wildman–Crippen LogP) is 1.78. The molecule has 1 atom stereocenters. The van der Waals surface area contributed by atoms with Crippen molar-refractivity contribution in [3.8, 4) is 0 Å². The van der Waals surface area contributed by atoms with E-state index in [1.807, 2.05) is 30.3 Å². The third kappa shape index (κ3) is 6.09. The van der Waals surface area contributed by atoms with Gasteiger partial charge in [-0.05, 0) is 55.2 Å². The molecule has 2 aliphatic rings. The second kappa shape index (κ2) is 11.8. The minimum atomic E-state index is -0.219. The van der Waals surface area contributed by atoms with Crippen LogP contribution in [0.2, 0.25) is 0 Å². The van der Waals surface area contributed by atoms with Gasteiger partial charge < -0.3 is 6.53 Å². The SMILES string of the molecule is O=C1CCCCc2ccccc21.OC1CCCCc2ccccc21.[B].[H-].[Na+]. The predicted molar refractivity (Wildman–Crippen MR) is 104 cm³/mol. The summed E-state index contributed by atoms with van der Waals surface area (Å²) in [6, 6.07) is 16.2. The third-order valence-corrected chi connectivity index (χ3v) is 5.01. The van der Waals surface area contributed by atoms with E-state index in [-0.39, 0.29) is 45.5 Å². The Kier molecular flexibility index (Phi) is 10.5. The van der Waals surface area contributed by atoms with Gasteiger partial charge in [0.25, 0.3) is 0 Å². The Balaban J connectivity index is 0.000000451. The van der Waals surface area contributed by atoms with E-state index in [0.717, 1.165) is 56.1 Å². The molecule has 0 aromatic heterocycles. The summed E-state index contributed by atoms with van der Waals surface area (Å²) in [5, 5.41) is 9.74. The molecule has 0 spiro atoms. The first kappa shape index (κ1) is 23.2. The zero-order valence-corrected chi connectivity index (χ0v) is 17.8. The summed E-state index contributed by atoms with van der Waals surface area (Å²) in [6.07, 6.45) is 8.22. The Morgan fingerprint density at radius 2 is 1.38 bits per heavy atom. The molecule has 0 heterocycles. The van der Waals surface area contributed by atoms with Crippen LogP contribution in [-0.4, -0.2) is 19.3 Å². The molecular weight excluding hydrogens is 330 g/mol. The van der Waals surface area contributed by atoms with Gasteiger partial charge >= 0.3 is 29.6 Å². The fourth-order valence-corrected chi connectivity index (χ4v) is 3.64. The van der Waals surface area contributed by atoms with E-state index in [9.17, 15) is 9.90 Å². The Labute approximate surface area is 182 Å². The summed E-state index contributed by atoms with van der Waals surface area (Å²) in [5.74, 6) is 0.322. The summed E-state index contributed by atoms with van der Waals surface area (Å²) in [7, 11) is 0. The van der Waals surface area contributed by atoms with Gasteiger partial charge in [-0.25, -0.2) is 0 Å². The number of aryl methyl sites for hydroxylation is 2. The monoisotopic (exact) mass is 357 g/mol. The van der Waals surface area contributed by atoms with Crippen molar-refractivity contribution in [1.29, 1.82) is 0 Å². The summed E-state index contributed by atoms with van der Waals surface area (Å²) < 4.78 is 0. The summed E-state index contributed by atoms with van der Waals surface area (Å²) in [4.78, 5) is 11.5. The fraction of sp³-hybridized carbons (Fsp3) is 0.409. The van der Waals surface area contributed by atoms with Crippen LogP contribution >= 0.6 is 0 Å². The molecule has 0 saturated heterocycles. The number of aliphatic hydroxyl groups is 1. The van der Waals surface area contributed by atoms with Crippen LogP contribution in [0.5, 0.6) is 0 Å². The minimum Gasteiger partial charge on any atom is -1.00 e. The van der Waals surface area contributed by atoms with Gasteiger partial charge in [0.15, 0.2) is 5.78 Å². The number of rotatable bonds is 0. The van der Waals surface area contributed by atoms with Gasteiger partial charge in [0.1, 0.15) is 0 Å². The maximum absolute atomic E-state index is 11.5. The standard InChI is InChI=1S/C11H14O.C11H12O.B.Na.H/c2*12-11-8-4-2-6-9-5-1-3-7-10(9)11;;;/h1,3,5,7,11-12H,2,4,6,8H2;1,3,5,7H,2,4,6,8H2;;;/q;;;+1;-1. The number of ketones is 1. The van der Waals surface area contributed by atoms with E-state index in [2.05, 4.69) is 18.2 Å². The van der Waals surface area contributed by atoms with Crippen molar-refractivity contribution >= 4 is 14.2 Å². The maximum Gasteiger partial charge on any atom is 1.00 e. The number of carbonyl (C=O) groups excluding carboxylic acids is 1. The number of hydrogen-bond acceptors (Lipinski definition) is 2. The quantitative estimate of drug-likeness (QED) is 0.577. The van der Waals surface area contributed by atoms with E-state index in [1.54, 1.807) is 0 Å². The molecule has 131 valence electrons. The zero-order valence-electron chi connectivity index (χ0n) is 16.8. The van der Waals surface area contributed by atoms with Crippen LogP contribution in [0, 0.1) is 0 Å². The van der Waals surface area contributed by atoms with Gasteiger partial charge in [-0.3, -0.25) is 4.79 Å². The van der Waals surface area contributed by atoms with Crippen LogP contribution in [-0.2, 0) is 12.8 Å². The van der Waals surface area contributed by atoms with Gasteiger partial charge in [0.2, 0.25) is 0 Å². The molecule has 2 aliphatic carbocycles. The van der Waals surface area contributed by atoms with Crippen molar-refractivity contribution in [1.82, 2.24) is 0 Å². The molecule has 2 aromatic carbocycles. The van der Waals surface area contributed by atoms with E-state index >= 15 is 0 Å². The molecular formula is C22H27BNaO2. The van der Waals surface area contributed by atoms with E-state index in [1.165, 1.54) is 17.5 Å². The normalized spacial score (nSPS) is 18.3. The maximum atomic E-state index is 11.5. The molecule has 0 aliphatic heterocycles. The van der Waals surface area contributed by atoms with Crippen LogP contribution in [0.4, 0.5) is 0 Å². The molecule has 4 heteroatoms. The second-order valence-electron chi connectivity index (χ2n) is 6.75. The van der Waals surface area contributed by atoms with Gasteiger partial charge in [0, 0.05) is 20.4 Å². The smallest absolute Gasteiger partial charge is 1.00 e. The number of aliphatic hydroxyl groups excluding tert-OH is 1. The van der Waals surface area contributed by atoms with Crippen LogP contribution in [0.3, 0.4) is 0 Å². The molecule has 0 amide bonds. The van der Waals surface area contributed by atoms with Gasteiger partial charge in [-0.1, -0.05) is 55.0 Å². The van der Waals surface area contributed by atoms with Crippen molar-refractivity contribution in [2.24, 2.45) is 0 Å². The van der Waals surface area contributed by atoms with Crippen molar-refractivity contribution in [3.05, 3.63) is 70.8 Å². The summed E-state index contributed by atoms with van der Waals surface area (Å²) in [5.41, 5.74) is 4.67. The molecule has 2 nitrogen and oxygen atoms in total. The molecule has 0 bridgehead atoms. The number of hydrogen-bond donors (Lipinski definition) is 1. The average Bonchev–Trinajstić information content (AvgIpc) is 2.93. The van der Waals surface area contributed by atoms with Crippen molar-refractivity contribution < 1.29 is 40.9 Å². The zero-order chi connectivity index (χ0) is 16.8. The molecule has 2 aromatic rings. The van der Waals surface area contributed by atoms with Crippen molar-refractivity contribution in [2.75, 3.05) is 0 Å². The Morgan fingerprint density at radius 3 is 2.19 bits per heavy atom. The number of benzene rings is 2. The fourth-order valence-electron chi connectivity index (χ4n) is 3.64. The Hall–Kier alpha value is -0.865. The van der Waals surface area contributed by atoms with Gasteiger partial charge in [0.05, 0.1) is 6.10 Å². The van der Waals surface area contributed by atoms with Crippen LogP contribution in [0.15, 0.2) is 48.5 Å².